The number of fused-ring (bicyclic) bond motifs is 2. The number of hydrogen-bond donors (Lipinski definition) is 2. The molecule has 0 radical (unpaired) electrons. The first-order chi connectivity index (χ1) is 21.3. The van der Waals surface area contributed by atoms with Gasteiger partial charge in [0, 0.05) is 28.3 Å². The summed E-state index contributed by atoms with van der Waals surface area (Å²) in [5.74, 6) is -2.64. The number of methoxy groups -OCH3 is 2. The van der Waals surface area contributed by atoms with E-state index < -0.39 is 35.2 Å². The summed E-state index contributed by atoms with van der Waals surface area (Å²) in [6.07, 6.45) is 2.33. The molecule has 2 saturated carbocycles. The zero-order chi connectivity index (χ0) is 32.6. The minimum absolute atomic E-state index is 0.00187. The molecule has 2 bridgehead atoms. The summed E-state index contributed by atoms with van der Waals surface area (Å²) in [5.41, 5.74) is -2.05. The molecule has 12 heteroatoms. The SMILES string of the molecule is COC(=O)c1c(C)cc(-c2cc(C(=O)NC3C4CCC(C4)C3C(=O)Nc3cccc(SC(F)(F)F)c3)c(OC)cc2F)cc1C. The van der Waals surface area contributed by atoms with Crippen LogP contribution in [0.15, 0.2) is 53.4 Å². The number of aryl methyl sites for hydroxylation is 2. The Labute approximate surface area is 262 Å². The van der Waals surface area contributed by atoms with Crippen LogP contribution in [0.4, 0.5) is 23.2 Å². The van der Waals surface area contributed by atoms with Gasteiger partial charge >= 0.3 is 11.5 Å². The maximum Gasteiger partial charge on any atom is 0.446 e. The average molecular weight is 645 g/mol. The number of hydrogen-bond acceptors (Lipinski definition) is 6. The first-order valence-electron chi connectivity index (χ1n) is 14.3. The molecule has 7 nitrogen and oxygen atoms in total. The Hall–Kier alpha value is -4.06. The molecule has 3 aromatic carbocycles. The molecule has 4 unspecified atom stereocenters. The Morgan fingerprint density at radius 2 is 1.64 bits per heavy atom. The summed E-state index contributed by atoms with van der Waals surface area (Å²) < 4.78 is 64.2. The maximum absolute atomic E-state index is 15.4. The van der Waals surface area contributed by atoms with Crippen molar-refractivity contribution in [2.75, 3.05) is 19.5 Å². The van der Waals surface area contributed by atoms with Gasteiger partial charge in [0.25, 0.3) is 5.91 Å². The summed E-state index contributed by atoms with van der Waals surface area (Å²) >= 11 is -0.266. The molecule has 2 aliphatic rings. The monoisotopic (exact) mass is 644 g/mol. The van der Waals surface area contributed by atoms with Crippen molar-refractivity contribution < 1.29 is 41.4 Å². The molecule has 0 aliphatic heterocycles. The number of ether oxygens (including phenoxy) is 2. The zero-order valence-electron chi connectivity index (χ0n) is 25.0. The van der Waals surface area contributed by atoms with Crippen LogP contribution in [0.5, 0.6) is 5.75 Å². The van der Waals surface area contributed by atoms with Gasteiger partial charge in [0.15, 0.2) is 0 Å². The van der Waals surface area contributed by atoms with Gasteiger partial charge in [-0.1, -0.05) is 18.2 Å². The fourth-order valence-corrected chi connectivity index (χ4v) is 7.37. The summed E-state index contributed by atoms with van der Waals surface area (Å²) in [5, 5.41) is 5.74. The molecular weight excluding hydrogens is 612 g/mol. The van der Waals surface area contributed by atoms with Crippen molar-refractivity contribution in [1.82, 2.24) is 5.32 Å². The van der Waals surface area contributed by atoms with Gasteiger partial charge in [-0.15, -0.1) is 0 Å². The Morgan fingerprint density at radius 3 is 2.29 bits per heavy atom. The number of alkyl halides is 3. The molecule has 2 fully saturated rings. The number of carbonyl (C=O) groups excluding carboxylic acids is 3. The topological polar surface area (TPSA) is 93.7 Å². The largest absolute Gasteiger partial charge is 0.496 e. The minimum Gasteiger partial charge on any atom is -0.496 e. The molecule has 2 N–H and O–H groups in total. The average Bonchev–Trinajstić information content (AvgIpc) is 3.57. The third-order valence-electron chi connectivity index (χ3n) is 8.62. The van der Waals surface area contributed by atoms with Crippen molar-refractivity contribution >= 4 is 35.2 Å². The van der Waals surface area contributed by atoms with Crippen molar-refractivity contribution in [2.45, 2.75) is 49.6 Å². The van der Waals surface area contributed by atoms with Gasteiger partial charge in [-0.25, -0.2) is 9.18 Å². The molecule has 3 aromatic rings. The Kier molecular flexibility index (Phi) is 9.16. The normalized spacial score (nSPS) is 20.5. The van der Waals surface area contributed by atoms with E-state index >= 15 is 4.39 Å². The fourth-order valence-electron chi connectivity index (χ4n) is 6.77. The maximum atomic E-state index is 15.4. The molecule has 0 heterocycles. The molecule has 0 saturated heterocycles. The predicted octanol–water partition coefficient (Wildman–Crippen LogP) is 7.30. The highest BCUT2D eigenvalue weighted by atomic mass is 32.2. The molecule has 0 aromatic heterocycles. The number of esters is 1. The van der Waals surface area contributed by atoms with E-state index in [-0.39, 0.29) is 57.0 Å². The first kappa shape index (κ1) is 32.3. The number of nitrogens with one attached hydrogen (secondary N) is 2. The fraction of sp³-hybridized carbons (Fsp3) is 0.364. The van der Waals surface area contributed by atoms with Crippen LogP contribution in [0.25, 0.3) is 11.1 Å². The Bertz CT molecular complexity index is 1640. The lowest BCUT2D eigenvalue weighted by Gasteiger charge is -2.31. The molecule has 2 aliphatic carbocycles. The van der Waals surface area contributed by atoms with Crippen LogP contribution in [0.2, 0.25) is 0 Å². The summed E-state index contributed by atoms with van der Waals surface area (Å²) in [7, 11) is 2.60. The van der Waals surface area contributed by atoms with Crippen LogP contribution >= 0.6 is 11.8 Å². The van der Waals surface area contributed by atoms with E-state index in [2.05, 4.69) is 10.6 Å². The van der Waals surface area contributed by atoms with Crippen LogP contribution in [0, 0.1) is 37.4 Å². The van der Waals surface area contributed by atoms with Crippen molar-refractivity contribution in [2.24, 2.45) is 17.8 Å². The van der Waals surface area contributed by atoms with E-state index in [1.54, 1.807) is 26.0 Å². The third kappa shape index (κ3) is 6.80. The van der Waals surface area contributed by atoms with E-state index in [1.807, 2.05) is 0 Å². The van der Waals surface area contributed by atoms with Crippen LogP contribution in [0.3, 0.4) is 0 Å². The number of benzene rings is 3. The van der Waals surface area contributed by atoms with E-state index in [4.69, 9.17) is 9.47 Å². The van der Waals surface area contributed by atoms with E-state index in [0.29, 0.717) is 22.3 Å². The Morgan fingerprint density at radius 1 is 0.956 bits per heavy atom. The minimum atomic E-state index is -4.46. The quantitative estimate of drug-likeness (QED) is 0.152. The third-order valence-corrected chi connectivity index (χ3v) is 9.34. The predicted molar refractivity (Wildman–Crippen MR) is 162 cm³/mol. The number of rotatable bonds is 8. The number of thioether (sulfide) groups is 1. The molecule has 238 valence electrons. The Balaban J connectivity index is 1.40. The molecule has 45 heavy (non-hydrogen) atoms. The van der Waals surface area contributed by atoms with Crippen LogP contribution in [-0.2, 0) is 9.53 Å². The summed E-state index contributed by atoms with van der Waals surface area (Å²) in [4.78, 5) is 39.4. The highest BCUT2D eigenvalue weighted by Crippen LogP contribution is 2.49. The van der Waals surface area contributed by atoms with Crippen molar-refractivity contribution in [3.63, 3.8) is 0 Å². The van der Waals surface area contributed by atoms with E-state index in [0.717, 1.165) is 25.3 Å². The second-order valence-corrected chi connectivity index (χ2v) is 12.6. The lowest BCUT2D eigenvalue weighted by molar-refractivity contribution is -0.122. The summed E-state index contributed by atoms with van der Waals surface area (Å²) in [6.45, 7) is 3.42. The van der Waals surface area contributed by atoms with Gasteiger partial charge in [-0.3, -0.25) is 9.59 Å². The van der Waals surface area contributed by atoms with Gasteiger partial charge < -0.3 is 20.1 Å². The van der Waals surface area contributed by atoms with Gasteiger partial charge in [0.05, 0.1) is 31.3 Å². The number of anilines is 1. The van der Waals surface area contributed by atoms with Crippen LogP contribution in [-0.4, -0.2) is 43.6 Å². The van der Waals surface area contributed by atoms with Crippen molar-refractivity contribution in [3.05, 3.63) is 76.6 Å². The lowest BCUT2D eigenvalue weighted by atomic mass is 9.83. The first-order valence-corrected chi connectivity index (χ1v) is 15.2. The van der Waals surface area contributed by atoms with E-state index in [9.17, 15) is 27.6 Å². The molecule has 2 amide bonds. The molecule has 5 rings (SSSR count). The standard InChI is InChI=1S/C33H32F4N2O5S/c1-16-10-20(11-17(2)27(16)32(42)44-4)23-14-24(26(43-3)15-25(23)34)30(40)39-29-19-9-8-18(12-19)28(29)31(41)38-21-6-5-7-22(13-21)45-33(35,36)37/h5-7,10-11,13-15,18-19,28-29H,8-9,12H2,1-4H3,(H,38,41)(H,39,40). The number of halogens is 4. The van der Waals surface area contributed by atoms with Gasteiger partial charge in [0.1, 0.15) is 11.6 Å². The van der Waals surface area contributed by atoms with Crippen molar-refractivity contribution in [3.8, 4) is 16.9 Å². The number of amides is 2. The van der Waals surface area contributed by atoms with Gasteiger partial charge in [-0.05, 0) is 97.7 Å². The highest BCUT2D eigenvalue weighted by molar-refractivity contribution is 8.00. The second-order valence-electron chi connectivity index (χ2n) is 11.4. The molecule has 4 atom stereocenters. The second kappa shape index (κ2) is 12.7. The zero-order valence-corrected chi connectivity index (χ0v) is 25.8. The van der Waals surface area contributed by atoms with Gasteiger partial charge in [0.2, 0.25) is 5.91 Å². The van der Waals surface area contributed by atoms with Crippen LogP contribution in [0.1, 0.15) is 51.1 Å². The number of carbonyl (C=O) groups is 3. The summed E-state index contributed by atoms with van der Waals surface area (Å²) in [6, 6.07) is 10.8. The van der Waals surface area contributed by atoms with E-state index in [1.165, 1.54) is 44.6 Å². The molecular formula is C33H32F4N2O5S. The van der Waals surface area contributed by atoms with Crippen LogP contribution < -0.4 is 15.4 Å². The molecule has 0 spiro atoms. The highest BCUT2D eigenvalue weighted by Gasteiger charge is 2.51. The smallest absolute Gasteiger partial charge is 0.446 e. The van der Waals surface area contributed by atoms with Crippen molar-refractivity contribution in [1.29, 1.82) is 0 Å². The van der Waals surface area contributed by atoms with Gasteiger partial charge in [-0.2, -0.15) is 13.2 Å². The lowest BCUT2D eigenvalue weighted by Crippen LogP contribution is -2.48.